The van der Waals surface area contributed by atoms with Crippen LogP contribution in [0, 0.1) is 26.9 Å². The lowest BCUT2D eigenvalue weighted by Gasteiger charge is -2.43. The van der Waals surface area contributed by atoms with Gasteiger partial charge < -0.3 is 4.74 Å². The second-order valence-corrected chi connectivity index (χ2v) is 16.2. The van der Waals surface area contributed by atoms with Crippen LogP contribution in [0.5, 0.6) is 0 Å². The van der Waals surface area contributed by atoms with Gasteiger partial charge in [-0.15, -0.1) is 0 Å². The van der Waals surface area contributed by atoms with Crippen molar-refractivity contribution in [2.45, 2.75) is 105 Å². The van der Waals surface area contributed by atoms with Crippen LogP contribution in [0.2, 0.25) is 0 Å². The molecule has 2 saturated carbocycles. The molecule has 0 spiro atoms. The minimum Gasteiger partial charge on any atom is -0.456 e. The number of hydrogen-bond acceptors (Lipinski definition) is 7. The molecule has 3 rings (SSSR count). The minimum atomic E-state index is -3.61. The fourth-order valence-electron chi connectivity index (χ4n) is 6.62. The Balaban J connectivity index is 1.91. The van der Waals surface area contributed by atoms with Gasteiger partial charge in [-0.1, -0.05) is 26.0 Å². The molecule has 2 fully saturated rings. The molecular formula is C29H44N2O6S2. The highest BCUT2D eigenvalue weighted by molar-refractivity contribution is 8.03. The van der Waals surface area contributed by atoms with Crippen LogP contribution in [-0.4, -0.2) is 52.3 Å². The van der Waals surface area contributed by atoms with Crippen molar-refractivity contribution in [3.8, 4) is 0 Å². The number of benzene rings is 1. The van der Waals surface area contributed by atoms with Gasteiger partial charge in [0, 0.05) is 28.8 Å². The first-order chi connectivity index (χ1) is 17.8. The average molecular weight is 581 g/mol. The molecule has 3 atom stereocenters. The number of carbonyl (C=O) groups is 1. The van der Waals surface area contributed by atoms with Crippen LogP contribution in [0.1, 0.15) is 97.5 Å². The lowest BCUT2D eigenvalue weighted by Crippen LogP contribution is -2.50. The summed E-state index contributed by atoms with van der Waals surface area (Å²) in [5.74, 6) is -0.142. The first-order valence-electron chi connectivity index (χ1n) is 13.7. The van der Waals surface area contributed by atoms with E-state index in [1.54, 1.807) is 49.3 Å². The molecule has 0 unspecified atom stereocenters. The standard InChI is InChI=1S/C29H44N2O6S2/c1-19(2)30(20(3)4)39(35,36)18-29-15-14-23(28(29,8)9)17-24(29)38-25(31(33)34)16-21-10-12-22(13-11-21)26(32)37-27(5,6)7/h10-13,16,19-20,23-24H,14-15,17-18H2,1-9H3/b25-16-/t23-,24-,29-/m1/s1. The highest BCUT2D eigenvalue weighted by atomic mass is 32.2. The van der Waals surface area contributed by atoms with Crippen molar-refractivity contribution < 1.29 is 22.9 Å². The van der Waals surface area contributed by atoms with Gasteiger partial charge in [-0.3, -0.25) is 10.1 Å². The van der Waals surface area contributed by atoms with E-state index in [4.69, 9.17) is 4.74 Å². The molecule has 39 heavy (non-hydrogen) atoms. The number of nitro groups is 1. The Morgan fingerprint density at radius 2 is 1.74 bits per heavy atom. The van der Waals surface area contributed by atoms with Gasteiger partial charge >= 0.3 is 11.0 Å². The number of esters is 1. The molecule has 0 heterocycles. The quantitative estimate of drug-likeness (QED) is 0.174. The maximum Gasteiger partial charge on any atom is 0.338 e. The zero-order chi connectivity index (χ0) is 29.6. The predicted octanol–water partition coefficient (Wildman–Crippen LogP) is 6.59. The molecule has 1 aromatic carbocycles. The molecular weight excluding hydrogens is 536 g/mol. The second-order valence-electron chi connectivity index (χ2n) is 13.1. The molecule has 0 amide bonds. The van der Waals surface area contributed by atoms with Crippen molar-refractivity contribution in [2.24, 2.45) is 16.7 Å². The van der Waals surface area contributed by atoms with Gasteiger partial charge in [-0.25, -0.2) is 13.2 Å². The number of hydrogen-bond donors (Lipinski definition) is 0. The Labute approximate surface area is 238 Å². The average Bonchev–Trinajstić information content (AvgIpc) is 3.11. The lowest BCUT2D eigenvalue weighted by molar-refractivity contribution is -0.409. The lowest BCUT2D eigenvalue weighted by atomic mass is 9.70. The second kappa shape index (κ2) is 11.2. The van der Waals surface area contributed by atoms with E-state index >= 15 is 0 Å². The van der Waals surface area contributed by atoms with Gasteiger partial charge in [0.05, 0.1) is 16.2 Å². The van der Waals surface area contributed by atoms with Gasteiger partial charge in [0.2, 0.25) is 10.0 Å². The summed E-state index contributed by atoms with van der Waals surface area (Å²) in [7, 11) is -3.61. The summed E-state index contributed by atoms with van der Waals surface area (Å²) in [5, 5.41) is 12.0. The van der Waals surface area contributed by atoms with E-state index in [0.717, 1.165) is 19.3 Å². The monoisotopic (exact) mass is 580 g/mol. The van der Waals surface area contributed by atoms with Gasteiger partial charge in [0.15, 0.2) is 0 Å². The number of carbonyl (C=O) groups excluding carboxylic acids is 1. The molecule has 0 N–H and O–H groups in total. The third-order valence-electron chi connectivity index (χ3n) is 8.42. The van der Waals surface area contributed by atoms with Crippen LogP contribution >= 0.6 is 11.8 Å². The maximum absolute atomic E-state index is 13.8. The van der Waals surface area contributed by atoms with E-state index < -0.39 is 27.0 Å². The number of sulfonamides is 1. The molecule has 0 saturated heterocycles. The first kappa shape index (κ1) is 31.6. The Hall–Kier alpha value is -1.91. The van der Waals surface area contributed by atoms with E-state index in [-0.39, 0.29) is 38.5 Å². The molecule has 8 nitrogen and oxygen atoms in total. The summed E-state index contributed by atoms with van der Waals surface area (Å²) in [4.78, 5) is 24.1. The molecule has 2 aliphatic carbocycles. The number of rotatable bonds is 10. The van der Waals surface area contributed by atoms with Crippen LogP contribution < -0.4 is 0 Å². The van der Waals surface area contributed by atoms with Gasteiger partial charge in [-0.2, -0.15) is 4.31 Å². The fourth-order valence-corrected chi connectivity index (χ4v) is 11.2. The highest BCUT2D eigenvalue weighted by Crippen LogP contribution is 2.69. The number of thioether (sulfide) groups is 1. The zero-order valence-electron chi connectivity index (χ0n) is 24.7. The molecule has 2 bridgehead atoms. The molecule has 218 valence electrons. The molecule has 2 aliphatic rings. The van der Waals surface area contributed by atoms with Crippen molar-refractivity contribution in [1.29, 1.82) is 0 Å². The molecule has 0 aromatic heterocycles. The number of ether oxygens (including phenoxy) is 1. The van der Waals surface area contributed by atoms with Crippen LogP contribution in [0.15, 0.2) is 29.3 Å². The Bertz CT molecular complexity index is 1210. The maximum atomic E-state index is 13.8. The number of fused-ring (bicyclic) bond motifs is 2. The third-order valence-corrected chi connectivity index (χ3v) is 12.2. The van der Waals surface area contributed by atoms with Crippen molar-refractivity contribution >= 4 is 33.8 Å². The molecule has 0 radical (unpaired) electrons. The molecule has 1 aromatic rings. The summed E-state index contributed by atoms with van der Waals surface area (Å²) in [6.07, 6.45) is 3.94. The minimum absolute atomic E-state index is 0.00684. The summed E-state index contributed by atoms with van der Waals surface area (Å²) in [6, 6.07) is 6.19. The van der Waals surface area contributed by atoms with Crippen LogP contribution in [-0.2, 0) is 14.8 Å². The van der Waals surface area contributed by atoms with Crippen molar-refractivity contribution in [1.82, 2.24) is 4.31 Å². The normalized spacial score (nSPS) is 25.1. The predicted molar refractivity (Wildman–Crippen MR) is 157 cm³/mol. The van der Waals surface area contributed by atoms with Gasteiger partial charge in [-0.05, 0) is 109 Å². The highest BCUT2D eigenvalue weighted by Gasteiger charge is 2.66. The van der Waals surface area contributed by atoms with E-state index in [2.05, 4.69) is 13.8 Å². The van der Waals surface area contributed by atoms with E-state index in [1.165, 1.54) is 17.8 Å². The SMILES string of the molecule is CC(C)N(C(C)C)S(=O)(=O)C[C@]12CC[C@H](C[C@H]1S/C(=C\c1ccc(C(=O)OC(C)(C)C)cc1)[N+](=O)[O-])C2(C)C. The largest absolute Gasteiger partial charge is 0.456 e. The third kappa shape index (κ3) is 6.54. The van der Waals surface area contributed by atoms with Crippen molar-refractivity contribution in [3.05, 3.63) is 50.5 Å². The zero-order valence-corrected chi connectivity index (χ0v) is 26.3. The summed E-state index contributed by atoms with van der Waals surface area (Å²) in [5.41, 5.74) is -0.482. The van der Waals surface area contributed by atoms with E-state index in [9.17, 15) is 23.3 Å². The first-order valence-corrected chi connectivity index (χ1v) is 16.2. The number of nitrogens with zero attached hydrogens (tertiary/aromatic N) is 2. The van der Waals surface area contributed by atoms with Crippen molar-refractivity contribution in [3.63, 3.8) is 0 Å². The van der Waals surface area contributed by atoms with E-state index in [1.807, 2.05) is 27.7 Å². The Morgan fingerprint density at radius 1 is 1.18 bits per heavy atom. The summed E-state index contributed by atoms with van der Waals surface area (Å²) < 4.78 is 34.6. The van der Waals surface area contributed by atoms with Crippen molar-refractivity contribution in [2.75, 3.05) is 5.75 Å². The van der Waals surface area contributed by atoms with E-state index in [0.29, 0.717) is 17.0 Å². The Morgan fingerprint density at radius 3 is 2.21 bits per heavy atom. The topological polar surface area (TPSA) is 107 Å². The molecule has 10 heteroatoms. The molecule has 0 aliphatic heterocycles. The van der Waals surface area contributed by atoms with Gasteiger partial charge in [0.25, 0.3) is 0 Å². The van der Waals surface area contributed by atoms with Crippen LogP contribution in [0.3, 0.4) is 0 Å². The summed E-state index contributed by atoms with van der Waals surface area (Å²) in [6.45, 7) is 17.2. The fraction of sp³-hybridized carbons (Fsp3) is 0.690. The van der Waals surface area contributed by atoms with Crippen LogP contribution in [0.25, 0.3) is 6.08 Å². The van der Waals surface area contributed by atoms with Gasteiger partial charge in [0.1, 0.15) is 5.60 Å². The summed E-state index contributed by atoms with van der Waals surface area (Å²) >= 11 is 1.19. The van der Waals surface area contributed by atoms with Crippen LogP contribution in [0.4, 0.5) is 0 Å². The Kier molecular flexibility index (Phi) is 9.05. The smallest absolute Gasteiger partial charge is 0.338 e.